The molecule has 0 aliphatic carbocycles. The molecule has 26 heavy (non-hydrogen) atoms. The summed E-state index contributed by atoms with van der Waals surface area (Å²) >= 11 is 0. The van der Waals surface area contributed by atoms with Crippen LogP contribution in [0.4, 0.5) is 24.5 Å². The molecule has 0 unspecified atom stereocenters. The topological polar surface area (TPSA) is 58.6 Å². The van der Waals surface area contributed by atoms with Crippen LogP contribution in [0.3, 0.4) is 0 Å². The number of rotatable bonds is 3. The van der Waals surface area contributed by atoms with E-state index in [9.17, 15) is 22.8 Å². The van der Waals surface area contributed by atoms with Crippen LogP contribution in [-0.4, -0.2) is 24.2 Å². The van der Waals surface area contributed by atoms with E-state index >= 15 is 0 Å². The lowest BCUT2D eigenvalue weighted by Gasteiger charge is -2.36. The molecule has 136 valence electrons. The van der Waals surface area contributed by atoms with Gasteiger partial charge in [0.05, 0.1) is 11.4 Å². The second kappa shape index (κ2) is 6.70. The fourth-order valence-corrected chi connectivity index (χ4v) is 2.87. The number of fused-ring (bicyclic) bond motifs is 1. The van der Waals surface area contributed by atoms with Crippen molar-refractivity contribution in [1.29, 1.82) is 0 Å². The van der Waals surface area contributed by atoms with E-state index in [1.54, 1.807) is 31.2 Å². The first kappa shape index (κ1) is 17.8. The Morgan fingerprint density at radius 1 is 1.19 bits per heavy atom. The summed E-state index contributed by atoms with van der Waals surface area (Å²) in [5.74, 6) is -1.42. The maximum absolute atomic E-state index is 13.0. The zero-order valence-corrected chi connectivity index (χ0v) is 13.7. The molecule has 0 fully saturated rings. The first-order valence-electron chi connectivity index (χ1n) is 7.89. The van der Waals surface area contributed by atoms with Gasteiger partial charge < -0.3 is 10.1 Å². The maximum Gasteiger partial charge on any atom is 0.573 e. The van der Waals surface area contributed by atoms with Crippen molar-refractivity contribution in [2.75, 3.05) is 10.2 Å². The van der Waals surface area contributed by atoms with Gasteiger partial charge in [-0.05, 0) is 36.8 Å². The molecule has 0 saturated heterocycles. The van der Waals surface area contributed by atoms with Gasteiger partial charge in [0.25, 0.3) is 5.91 Å². The molecule has 0 bridgehead atoms. The highest BCUT2D eigenvalue weighted by Gasteiger charge is 2.36. The van der Waals surface area contributed by atoms with E-state index in [-0.39, 0.29) is 11.5 Å². The lowest BCUT2D eigenvalue weighted by molar-refractivity contribution is -0.274. The molecule has 3 rings (SSSR count). The van der Waals surface area contributed by atoms with Crippen molar-refractivity contribution in [2.45, 2.75) is 25.7 Å². The average Bonchev–Trinajstić information content (AvgIpc) is 2.58. The van der Waals surface area contributed by atoms with Gasteiger partial charge in [0.1, 0.15) is 11.8 Å². The van der Waals surface area contributed by atoms with Crippen molar-refractivity contribution in [3.05, 3.63) is 54.1 Å². The van der Waals surface area contributed by atoms with E-state index in [0.717, 1.165) is 12.1 Å². The molecule has 2 aromatic carbocycles. The number of alkyl halides is 3. The number of hydrogen-bond donors (Lipinski definition) is 1. The first-order chi connectivity index (χ1) is 12.3. The highest BCUT2D eigenvalue weighted by molar-refractivity contribution is 6.16. The minimum atomic E-state index is -4.86. The number of carbonyl (C=O) groups excluding carboxylic acids is 2. The number of anilines is 2. The SMILES string of the molecule is CC[C@@H]1C(=O)Nc2ccccc2N1C(=O)c1cccc(OC(F)(F)F)c1. The summed E-state index contributed by atoms with van der Waals surface area (Å²) in [6.45, 7) is 1.75. The molecular weight excluding hydrogens is 349 g/mol. The second-order valence-electron chi connectivity index (χ2n) is 5.68. The lowest BCUT2D eigenvalue weighted by atomic mass is 10.0. The van der Waals surface area contributed by atoms with E-state index in [2.05, 4.69) is 10.1 Å². The Morgan fingerprint density at radius 3 is 2.62 bits per heavy atom. The standard InChI is InChI=1S/C18H15F3N2O3/c1-2-14-16(24)22-13-8-3-4-9-15(13)23(14)17(25)11-6-5-7-12(10-11)26-18(19,20)21/h3-10,14H,2H2,1H3,(H,22,24)/t14-/m1/s1. The first-order valence-corrected chi connectivity index (χ1v) is 7.89. The van der Waals surface area contributed by atoms with Crippen LogP contribution < -0.4 is 15.0 Å². The minimum Gasteiger partial charge on any atom is -0.406 e. The van der Waals surface area contributed by atoms with Gasteiger partial charge in [0, 0.05) is 5.56 Å². The quantitative estimate of drug-likeness (QED) is 0.897. The Labute approximate surface area is 147 Å². The van der Waals surface area contributed by atoms with Gasteiger partial charge in [-0.2, -0.15) is 0 Å². The monoisotopic (exact) mass is 364 g/mol. The Hall–Kier alpha value is -3.03. The number of ether oxygens (including phenoxy) is 1. The molecule has 1 aliphatic heterocycles. The molecule has 0 spiro atoms. The summed E-state index contributed by atoms with van der Waals surface area (Å²) in [6.07, 6.45) is -4.50. The zero-order chi connectivity index (χ0) is 18.9. The summed E-state index contributed by atoms with van der Waals surface area (Å²) < 4.78 is 41.1. The number of carbonyl (C=O) groups is 2. The van der Waals surface area contributed by atoms with Crippen LogP contribution in [0.25, 0.3) is 0 Å². The number of hydrogen-bond acceptors (Lipinski definition) is 3. The van der Waals surface area contributed by atoms with Crippen LogP contribution in [0.1, 0.15) is 23.7 Å². The van der Waals surface area contributed by atoms with Crippen LogP contribution in [-0.2, 0) is 4.79 Å². The van der Waals surface area contributed by atoms with Gasteiger partial charge in [0.2, 0.25) is 5.91 Å². The van der Waals surface area contributed by atoms with Crippen LogP contribution in [0.5, 0.6) is 5.75 Å². The summed E-state index contributed by atoms with van der Waals surface area (Å²) in [7, 11) is 0. The molecule has 1 aliphatic rings. The fraction of sp³-hybridized carbons (Fsp3) is 0.222. The number of amides is 2. The predicted molar refractivity (Wildman–Crippen MR) is 89.1 cm³/mol. The summed E-state index contributed by atoms with van der Waals surface area (Å²) in [5, 5.41) is 2.73. The maximum atomic E-state index is 13.0. The fourth-order valence-electron chi connectivity index (χ4n) is 2.87. The van der Waals surface area contributed by atoms with Gasteiger partial charge in [-0.15, -0.1) is 13.2 Å². The van der Waals surface area contributed by atoms with Crippen LogP contribution in [0.2, 0.25) is 0 Å². The van der Waals surface area contributed by atoms with Crippen LogP contribution >= 0.6 is 0 Å². The Morgan fingerprint density at radius 2 is 1.92 bits per heavy atom. The highest BCUT2D eigenvalue weighted by atomic mass is 19.4. The summed E-state index contributed by atoms with van der Waals surface area (Å²) in [6, 6.07) is 10.8. The van der Waals surface area contributed by atoms with Crippen molar-refractivity contribution in [1.82, 2.24) is 0 Å². The Balaban J connectivity index is 2.00. The number of para-hydroxylation sites is 2. The van der Waals surface area contributed by atoms with Gasteiger partial charge in [0.15, 0.2) is 0 Å². The van der Waals surface area contributed by atoms with E-state index in [1.165, 1.54) is 17.0 Å². The highest BCUT2D eigenvalue weighted by Crippen LogP contribution is 2.34. The molecule has 8 heteroatoms. The molecular formula is C18H15F3N2O3. The molecule has 1 atom stereocenters. The molecule has 0 saturated carbocycles. The molecule has 0 radical (unpaired) electrons. The predicted octanol–water partition coefficient (Wildman–Crippen LogP) is 3.96. The van der Waals surface area contributed by atoms with Gasteiger partial charge in [-0.3, -0.25) is 14.5 Å². The van der Waals surface area contributed by atoms with Gasteiger partial charge in [-0.1, -0.05) is 25.1 Å². The third-order valence-electron chi connectivity index (χ3n) is 3.96. The van der Waals surface area contributed by atoms with Gasteiger partial charge in [-0.25, -0.2) is 0 Å². The molecule has 2 amide bonds. The normalized spacial score (nSPS) is 16.7. The van der Waals surface area contributed by atoms with E-state index in [0.29, 0.717) is 17.8 Å². The third-order valence-corrected chi connectivity index (χ3v) is 3.96. The van der Waals surface area contributed by atoms with Crippen molar-refractivity contribution in [2.24, 2.45) is 0 Å². The number of benzene rings is 2. The van der Waals surface area contributed by atoms with Crippen molar-refractivity contribution in [3.63, 3.8) is 0 Å². The summed E-state index contributed by atoms with van der Waals surface area (Å²) in [5.41, 5.74) is 0.957. The molecule has 5 nitrogen and oxygen atoms in total. The Bertz CT molecular complexity index is 852. The zero-order valence-electron chi connectivity index (χ0n) is 13.7. The molecule has 1 heterocycles. The third kappa shape index (κ3) is 3.49. The smallest absolute Gasteiger partial charge is 0.406 e. The second-order valence-corrected chi connectivity index (χ2v) is 5.68. The number of nitrogens with one attached hydrogen (secondary N) is 1. The Kier molecular flexibility index (Phi) is 4.58. The largest absolute Gasteiger partial charge is 0.573 e. The number of halogens is 3. The number of nitrogens with zero attached hydrogens (tertiary/aromatic N) is 1. The van der Waals surface area contributed by atoms with E-state index in [4.69, 9.17) is 0 Å². The van der Waals surface area contributed by atoms with Crippen LogP contribution in [0, 0.1) is 0 Å². The molecule has 2 aromatic rings. The van der Waals surface area contributed by atoms with Crippen molar-refractivity contribution < 1.29 is 27.5 Å². The van der Waals surface area contributed by atoms with Crippen molar-refractivity contribution >= 4 is 23.2 Å². The van der Waals surface area contributed by atoms with Crippen molar-refractivity contribution in [3.8, 4) is 5.75 Å². The van der Waals surface area contributed by atoms with Crippen LogP contribution in [0.15, 0.2) is 48.5 Å². The molecule has 1 N–H and O–H groups in total. The van der Waals surface area contributed by atoms with E-state index < -0.39 is 24.1 Å². The van der Waals surface area contributed by atoms with Gasteiger partial charge >= 0.3 is 6.36 Å². The average molecular weight is 364 g/mol. The van der Waals surface area contributed by atoms with E-state index in [1.807, 2.05) is 0 Å². The minimum absolute atomic E-state index is 0.00490. The lowest BCUT2D eigenvalue weighted by Crippen LogP contribution is -2.50. The summed E-state index contributed by atoms with van der Waals surface area (Å²) in [4.78, 5) is 26.6. The molecule has 0 aromatic heterocycles.